The summed E-state index contributed by atoms with van der Waals surface area (Å²) < 4.78 is 13.6. The highest BCUT2D eigenvalue weighted by Gasteiger charge is 2.30. The van der Waals surface area contributed by atoms with Crippen LogP contribution in [0, 0.1) is 22.9 Å². The number of carbonyl (C=O) groups is 2. The molecule has 2 heterocycles. The van der Waals surface area contributed by atoms with Crippen LogP contribution in [0.1, 0.15) is 40.4 Å². The van der Waals surface area contributed by atoms with Crippen molar-refractivity contribution in [2.24, 2.45) is 0 Å². The molecule has 1 aliphatic rings. The monoisotopic (exact) mass is 435 g/mol. The number of rotatable bonds is 5. The molecule has 1 aromatic heterocycles. The Morgan fingerprint density at radius 1 is 1.09 bits per heavy atom. The first-order chi connectivity index (χ1) is 15.3. The highest BCUT2D eigenvalue weighted by Crippen LogP contribution is 2.31. The lowest BCUT2D eigenvalue weighted by molar-refractivity contribution is -0.387. The highest BCUT2D eigenvalue weighted by atomic mass is 19.1. The number of aryl methyl sites for hydroxylation is 1. The maximum Gasteiger partial charge on any atom is 0.305 e. The Labute approximate surface area is 184 Å². The second-order valence-electron chi connectivity index (χ2n) is 7.95. The lowest BCUT2D eigenvalue weighted by Gasteiger charge is -2.31. The molecule has 0 radical (unpaired) electrons. The van der Waals surface area contributed by atoms with Gasteiger partial charge >= 0.3 is 5.69 Å². The van der Waals surface area contributed by atoms with Gasteiger partial charge < -0.3 is 9.88 Å². The first-order valence-electron chi connectivity index (χ1n) is 10.4. The molecule has 0 unspecified atom stereocenters. The zero-order valence-corrected chi connectivity index (χ0v) is 17.5. The molecule has 1 fully saturated rings. The van der Waals surface area contributed by atoms with Gasteiger partial charge in [0.25, 0.3) is 11.7 Å². The van der Waals surface area contributed by atoms with Crippen LogP contribution in [-0.2, 0) is 4.79 Å². The predicted octanol–water partition coefficient (Wildman–Crippen LogP) is 4.63. The van der Waals surface area contributed by atoms with E-state index in [-0.39, 0.29) is 5.92 Å². The second kappa shape index (κ2) is 8.74. The number of hydrogen-bond acceptors (Lipinski definition) is 4. The van der Waals surface area contributed by atoms with Crippen LogP contribution in [-0.4, -0.2) is 39.6 Å². The molecule has 0 atom stereocenters. The number of hydrogen-bond donors (Lipinski definition) is 1. The zero-order chi connectivity index (χ0) is 22.8. The Morgan fingerprint density at radius 2 is 1.78 bits per heavy atom. The maximum atomic E-state index is 13.6. The molecule has 3 aromatic rings. The number of Topliss-reactive ketones (excluding diaryl/α,β-unsaturated/α-hetero) is 1. The maximum absolute atomic E-state index is 13.6. The van der Waals surface area contributed by atoms with Gasteiger partial charge in [-0.05, 0) is 48.9 Å². The number of benzene rings is 2. The molecule has 0 aliphatic carbocycles. The summed E-state index contributed by atoms with van der Waals surface area (Å²) in [6.45, 7) is 2.48. The molecular formula is C24H22FN3O4. The number of ketones is 1. The van der Waals surface area contributed by atoms with Gasteiger partial charge in [0.1, 0.15) is 0 Å². The van der Waals surface area contributed by atoms with E-state index in [9.17, 15) is 24.1 Å². The largest absolute Gasteiger partial charge is 0.358 e. The minimum atomic E-state index is -0.867. The number of amides is 1. The third-order valence-corrected chi connectivity index (χ3v) is 5.96. The van der Waals surface area contributed by atoms with Gasteiger partial charge in [-0.15, -0.1) is 0 Å². The van der Waals surface area contributed by atoms with Crippen molar-refractivity contribution in [1.29, 1.82) is 0 Å². The van der Waals surface area contributed by atoms with E-state index in [1.807, 2.05) is 30.3 Å². The summed E-state index contributed by atoms with van der Waals surface area (Å²) in [6, 6.07) is 15.2. The molecule has 32 heavy (non-hydrogen) atoms. The van der Waals surface area contributed by atoms with Crippen LogP contribution >= 0.6 is 0 Å². The average molecular weight is 435 g/mol. The van der Waals surface area contributed by atoms with Crippen LogP contribution in [0.25, 0.3) is 11.3 Å². The minimum Gasteiger partial charge on any atom is -0.358 e. The van der Waals surface area contributed by atoms with E-state index in [2.05, 4.69) is 4.98 Å². The van der Waals surface area contributed by atoms with Gasteiger partial charge in [0.2, 0.25) is 5.82 Å². The number of likely N-dealkylation sites (tertiary alicyclic amines) is 1. The highest BCUT2D eigenvalue weighted by molar-refractivity contribution is 6.43. The van der Waals surface area contributed by atoms with Crippen molar-refractivity contribution < 1.29 is 18.9 Å². The van der Waals surface area contributed by atoms with Crippen molar-refractivity contribution in [3.05, 3.63) is 87.3 Å². The van der Waals surface area contributed by atoms with Crippen LogP contribution in [0.5, 0.6) is 0 Å². The fourth-order valence-corrected chi connectivity index (χ4v) is 4.17. The lowest BCUT2D eigenvalue weighted by Crippen LogP contribution is -2.41. The Hall–Kier alpha value is -3.81. The zero-order valence-electron chi connectivity index (χ0n) is 17.5. The van der Waals surface area contributed by atoms with Gasteiger partial charge in [-0.2, -0.15) is 4.39 Å². The SMILES string of the molecule is Cc1[nH]c(-c2ccccc2)cc1C(=O)C(=O)N1CCC(c2ccc(F)c([N+](=O)[O-])c2)CC1. The number of piperidine rings is 1. The first kappa shape index (κ1) is 21.4. The first-order valence-corrected chi connectivity index (χ1v) is 10.4. The van der Waals surface area contributed by atoms with Gasteiger partial charge in [-0.1, -0.05) is 36.4 Å². The van der Waals surface area contributed by atoms with Crippen LogP contribution < -0.4 is 0 Å². The van der Waals surface area contributed by atoms with E-state index in [1.54, 1.807) is 19.1 Å². The molecule has 164 valence electrons. The molecule has 4 rings (SSSR count). The number of nitro benzene ring substituents is 1. The summed E-state index contributed by atoms with van der Waals surface area (Å²) >= 11 is 0. The van der Waals surface area contributed by atoms with Gasteiger partial charge in [-0.3, -0.25) is 19.7 Å². The Kier molecular flexibility index (Phi) is 5.85. The average Bonchev–Trinajstić information content (AvgIpc) is 3.20. The van der Waals surface area contributed by atoms with Gasteiger partial charge in [0.05, 0.1) is 4.92 Å². The van der Waals surface area contributed by atoms with Crippen LogP contribution in [0.2, 0.25) is 0 Å². The third-order valence-electron chi connectivity index (χ3n) is 5.96. The number of nitrogens with one attached hydrogen (secondary N) is 1. The van der Waals surface area contributed by atoms with Crippen molar-refractivity contribution in [3.8, 4) is 11.3 Å². The summed E-state index contributed by atoms with van der Waals surface area (Å²) in [7, 11) is 0. The number of aromatic amines is 1. The molecule has 1 saturated heterocycles. The van der Waals surface area contributed by atoms with Crippen LogP contribution in [0.15, 0.2) is 54.6 Å². The summed E-state index contributed by atoms with van der Waals surface area (Å²) in [5.74, 6) is -2.02. The summed E-state index contributed by atoms with van der Waals surface area (Å²) in [6.07, 6.45) is 1.09. The molecule has 7 nitrogen and oxygen atoms in total. The van der Waals surface area contributed by atoms with Gasteiger partial charge in [0, 0.05) is 36.1 Å². The van der Waals surface area contributed by atoms with Crippen molar-refractivity contribution in [2.45, 2.75) is 25.7 Å². The van der Waals surface area contributed by atoms with Crippen molar-refractivity contribution in [3.63, 3.8) is 0 Å². The molecule has 1 amide bonds. The standard InChI is InChI=1S/C24H22FN3O4/c1-15-19(14-21(26-15)17-5-3-2-4-6-17)23(29)24(30)27-11-9-16(10-12-27)18-7-8-20(25)22(13-18)28(31)32/h2-8,13-14,16,26H,9-12H2,1H3. The molecule has 8 heteroatoms. The van der Waals surface area contributed by atoms with E-state index < -0.39 is 28.1 Å². The number of H-pyrrole nitrogens is 1. The number of nitro groups is 1. The summed E-state index contributed by atoms with van der Waals surface area (Å²) in [5.41, 5.74) is 2.81. The fourth-order valence-electron chi connectivity index (χ4n) is 4.17. The molecule has 2 aromatic carbocycles. The molecule has 0 spiro atoms. The minimum absolute atomic E-state index is 0.0351. The van der Waals surface area contributed by atoms with Crippen molar-refractivity contribution in [2.75, 3.05) is 13.1 Å². The second-order valence-corrected chi connectivity index (χ2v) is 7.95. The van der Waals surface area contributed by atoms with Crippen molar-refractivity contribution in [1.82, 2.24) is 9.88 Å². The Morgan fingerprint density at radius 3 is 2.44 bits per heavy atom. The number of nitrogens with zero attached hydrogens (tertiary/aromatic N) is 2. The van der Waals surface area contributed by atoms with E-state index in [4.69, 9.17) is 0 Å². The molecule has 1 aliphatic heterocycles. The van der Waals surface area contributed by atoms with E-state index in [1.165, 1.54) is 11.0 Å². The van der Waals surface area contributed by atoms with E-state index >= 15 is 0 Å². The topological polar surface area (TPSA) is 96.3 Å². The Bertz CT molecular complexity index is 1180. The summed E-state index contributed by atoms with van der Waals surface area (Å²) in [4.78, 5) is 40.7. The quantitative estimate of drug-likeness (QED) is 0.274. The fraction of sp³-hybridized carbons (Fsp3) is 0.250. The molecular weight excluding hydrogens is 413 g/mol. The lowest BCUT2D eigenvalue weighted by atomic mass is 9.89. The van der Waals surface area contributed by atoms with Gasteiger partial charge in [-0.25, -0.2) is 0 Å². The van der Waals surface area contributed by atoms with Gasteiger partial charge in [0.15, 0.2) is 0 Å². The van der Waals surface area contributed by atoms with E-state index in [0.717, 1.165) is 17.3 Å². The number of aromatic nitrogens is 1. The van der Waals surface area contributed by atoms with Crippen LogP contribution in [0.3, 0.4) is 0 Å². The molecule has 1 N–H and O–H groups in total. The summed E-state index contributed by atoms with van der Waals surface area (Å²) in [5, 5.41) is 11.0. The normalized spacial score (nSPS) is 14.4. The van der Waals surface area contributed by atoms with Crippen molar-refractivity contribution >= 4 is 17.4 Å². The molecule has 0 bridgehead atoms. The number of carbonyl (C=O) groups excluding carboxylic acids is 2. The smallest absolute Gasteiger partial charge is 0.305 e. The number of halogens is 1. The predicted molar refractivity (Wildman–Crippen MR) is 117 cm³/mol. The molecule has 0 saturated carbocycles. The van der Waals surface area contributed by atoms with Crippen LogP contribution in [0.4, 0.5) is 10.1 Å². The Balaban J connectivity index is 1.44. The third kappa shape index (κ3) is 4.16. The van der Waals surface area contributed by atoms with E-state index in [0.29, 0.717) is 42.8 Å².